The monoisotopic (exact) mass is 229 g/mol. The first-order valence-electron chi connectivity index (χ1n) is 5.04. The minimum Gasteiger partial charge on any atom is -0.488 e. The number of alkyl halides is 1. The Balaban J connectivity index is 2.58. The van der Waals surface area contributed by atoms with Crippen LogP contribution in [0.3, 0.4) is 0 Å². The summed E-state index contributed by atoms with van der Waals surface area (Å²) < 4.78 is 5.36. The van der Waals surface area contributed by atoms with Crippen LogP contribution in [0.15, 0.2) is 17.1 Å². The second kappa shape index (κ2) is 5.81. The molecule has 0 fully saturated rings. The molecule has 4 heteroatoms. The van der Waals surface area contributed by atoms with E-state index in [2.05, 4.69) is 18.8 Å². The molecule has 0 aliphatic heterocycles. The van der Waals surface area contributed by atoms with Crippen molar-refractivity contribution in [1.29, 1.82) is 0 Å². The summed E-state index contributed by atoms with van der Waals surface area (Å²) in [5.74, 6) is 1.25. The number of H-pyrrole nitrogens is 1. The second-order valence-electron chi connectivity index (χ2n) is 3.85. The Labute approximate surface area is 94.4 Å². The van der Waals surface area contributed by atoms with Gasteiger partial charge in [-0.1, -0.05) is 13.8 Å². The molecule has 3 nitrogen and oxygen atoms in total. The molecule has 1 heterocycles. The lowest BCUT2D eigenvalue weighted by Crippen LogP contribution is -2.11. The lowest BCUT2D eigenvalue weighted by molar-refractivity contribution is 0.286. The SMILES string of the molecule is CC(C)CCOc1c[nH]c(CCl)cc1=O. The van der Waals surface area contributed by atoms with Gasteiger partial charge in [0.2, 0.25) is 5.43 Å². The van der Waals surface area contributed by atoms with Gasteiger partial charge in [-0.2, -0.15) is 0 Å². The zero-order valence-corrected chi connectivity index (χ0v) is 9.80. The van der Waals surface area contributed by atoms with Crippen molar-refractivity contribution in [3.8, 4) is 5.75 Å². The molecule has 0 amide bonds. The Morgan fingerprint density at radius 3 is 2.80 bits per heavy atom. The minimum absolute atomic E-state index is 0.117. The van der Waals surface area contributed by atoms with Crippen LogP contribution < -0.4 is 10.2 Å². The minimum atomic E-state index is -0.117. The first kappa shape index (κ1) is 12.1. The van der Waals surface area contributed by atoms with E-state index in [0.717, 1.165) is 6.42 Å². The van der Waals surface area contributed by atoms with Crippen molar-refractivity contribution in [2.75, 3.05) is 6.61 Å². The number of nitrogens with one attached hydrogen (secondary N) is 1. The van der Waals surface area contributed by atoms with E-state index in [9.17, 15) is 4.79 Å². The van der Waals surface area contributed by atoms with Gasteiger partial charge in [-0.15, -0.1) is 11.6 Å². The Bertz CT molecular complexity index is 360. The first-order valence-corrected chi connectivity index (χ1v) is 5.57. The topological polar surface area (TPSA) is 42.1 Å². The lowest BCUT2D eigenvalue weighted by atomic mass is 10.1. The Kier molecular flexibility index (Phi) is 4.69. The molecular weight excluding hydrogens is 214 g/mol. The van der Waals surface area contributed by atoms with Gasteiger partial charge in [0.25, 0.3) is 0 Å². The number of ether oxygens (including phenoxy) is 1. The predicted molar refractivity (Wildman–Crippen MR) is 61.6 cm³/mol. The summed E-state index contributed by atoms with van der Waals surface area (Å²) >= 11 is 5.59. The molecule has 1 aromatic rings. The van der Waals surface area contributed by atoms with Crippen LogP contribution in [-0.4, -0.2) is 11.6 Å². The van der Waals surface area contributed by atoms with Crippen molar-refractivity contribution in [1.82, 2.24) is 4.98 Å². The smallest absolute Gasteiger partial charge is 0.223 e. The van der Waals surface area contributed by atoms with E-state index in [4.69, 9.17) is 16.3 Å². The number of aromatic amines is 1. The summed E-state index contributed by atoms with van der Waals surface area (Å²) in [6, 6.07) is 1.47. The summed E-state index contributed by atoms with van der Waals surface area (Å²) in [5.41, 5.74) is 0.589. The summed E-state index contributed by atoms with van der Waals surface area (Å²) in [6.45, 7) is 4.80. The summed E-state index contributed by atoms with van der Waals surface area (Å²) in [5, 5.41) is 0. The fraction of sp³-hybridized carbons (Fsp3) is 0.545. The number of hydrogen-bond donors (Lipinski definition) is 1. The van der Waals surface area contributed by atoms with Crippen molar-refractivity contribution in [3.63, 3.8) is 0 Å². The maximum atomic E-state index is 11.5. The fourth-order valence-corrected chi connectivity index (χ4v) is 1.25. The summed E-state index contributed by atoms with van der Waals surface area (Å²) in [4.78, 5) is 14.4. The van der Waals surface area contributed by atoms with E-state index < -0.39 is 0 Å². The van der Waals surface area contributed by atoms with Crippen LogP contribution in [0.25, 0.3) is 0 Å². The number of hydrogen-bond acceptors (Lipinski definition) is 2. The molecule has 1 N–H and O–H groups in total. The highest BCUT2D eigenvalue weighted by atomic mass is 35.5. The predicted octanol–water partition coefficient (Wildman–Crippen LogP) is 2.54. The van der Waals surface area contributed by atoms with Crippen LogP contribution in [0.5, 0.6) is 5.75 Å². The molecule has 1 rings (SSSR count). The molecule has 0 atom stereocenters. The van der Waals surface area contributed by atoms with Gasteiger partial charge in [-0.25, -0.2) is 0 Å². The third-order valence-corrected chi connectivity index (χ3v) is 2.32. The first-order chi connectivity index (χ1) is 7.13. The van der Waals surface area contributed by atoms with Gasteiger partial charge in [0.1, 0.15) is 0 Å². The number of pyridine rings is 1. The van der Waals surface area contributed by atoms with Crippen molar-refractivity contribution in [3.05, 3.63) is 28.2 Å². The van der Waals surface area contributed by atoms with E-state index in [1.54, 1.807) is 6.20 Å². The highest BCUT2D eigenvalue weighted by Crippen LogP contribution is 2.06. The Morgan fingerprint density at radius 1 is 1.53 bits per heavy atom. The molecule has 0 bridgehead atoms. The molecular formula is C11H16ClNO2. The molecule has 0 spiro atoms. The molecule has 0 unspecified atom stereocenters. The van der Waals surface area contributed by atoms with Crippen LogP contribution in [0, 0.1) is 5.92 Å². The molecule has 0 radical (unpaired) electrons. The average molecular weight is 230 g/mol. The largest absolute Gasteiger partial charge is 0.488 e. The second-order valence-corrected chi connectivity index (χ2v) is 4.12. The summed E-state index contributed by atoms with van der Waals surface area (Å²) in [7, 11) is 0. The fourth-order valence-electron chi connectivity index (χ4n) is 1.09. The molecule has 0 saturated carbocycles. The zero-order chi connectivity index (χ0) is 11.3. The molecule has 15 heavy (non-hydrogen) atoms. The highest BCUT2D eigenvalue weighted by Gasteiger charge is 2.02. The van der Waals surface area contributed by atoms with E-state index >= 15 is 0 Å². The third kappa shape index (κ3) is 3.96. The average Bonchev–Trinajstić information content (AvgIpc) is 2.20. The molecule has 84 valence electrons. The van der Waals surface area contributed by atoms with Crippen molar-refractivity contribution in [2.45, 2.75) is 26.1 Å². The van der Waals surface area contributed by atoms with Crippen LogP contribution in [0.4, 0.5) is 0 Å². The van der Waals surface area contributed by atoms with Crippen LogP contribution in [-0.2, 0) is 5.88 Å². The van der Waals surface area contributed by atoms with Crippen molar-refractivity contribution >= 4 is 11.6 Å². The van der Waals surface area contributed by atoms with Gasteiger partial charge in [0, 0.05) is 18.0 Å². The Hall–Kier alpha value is -0.960. The molecule has 1 aromatic heterocycles. The van der Waals surface area contributed by atoms with Crippen molar-refractivity contribution in [2.24, 2.45) is 5.92 Å². The standard InChI is InChI=1S/C11H16ClNO2/c1-8(2)3-4-15-11-7-13-9(6-12)5-10(11)14/h5,7-8H,3-4,6H2,1-2H3,(H,13,14). The molecule has 0 aromatic carbocycles. The number of halogens is 1. The maximum Gasteiger partial charge on any atom is 0.223 e. The maximum absolute atomic E-state index is 11.5. The van der Waals surface area contributed by atoms with Crippen LogP contribution >= 0.6 is 11.6 Å². The van der Waals surface area contributed by atoms with E-state index in [-0.39, 0.29) is 5.43 Å². The molecule has 0 aliphatic rings. The van der Waals surface area contributed by atoms with E-state index in [1.807, 2.05) is 0 Å². The third-order valence-electron chi connectivity index (χ3n) is 2.03. The summed E-state index contributed by atoms with van der Waals surface area (Å²) in [6.07, 6.45) is 2.51. The van der Waals surface area contributed by atoms with Gasteiger partial charge in [-0.3, -0.25) is 4.79 Å². The van der Waals surface area contributed by atoms with Crippen molar-refractivity contribution < 1.29 is 4.74 Å². The van der Waals surface area contributed by atoms with Crippen LogP contribution in [0.2, 0.25) is 0 Å². The van der Waals surface area contributed by atoms with Gasteiger partial charge in [0.15, 0.2) is 5.75 Å². The van der Waals surface area contributed by atoms with Gasteiger partial charge >= 0.3 is 0 Å². The van der Waals surface area contributed by atoms with E-state index in [0.29, 0.717) is 29.8 Å². The highest BCUT2D eigenvalue weighted by molar-refractivity contribution is 6.16. The quantitative estimate of drug-likeness (QED) is 0.789. The Morgan fingerprint density at radius 2 is 2.27 bits per heavy atom. The molecule has 0 aliphatic carbocycles. The van der Waals surface area contributed by atoms with E-state index in [1.165, 1.54) is 6.07 Å². The number of rotatable bonds is 5. The zero-order valence-electron chi connectivity index (χ0n) is 9.05. The lowest BCUT2D eigenvalue weighted by Gasteiger charge is -2.07. The molecule has 0 saturated heterocycles. The van der Waals surface area contributed by atoms with Gasteiger partial charge < -0.3 is 9.72 Å². The normalized spacial score (nSPS) is 10.7. The van der Waals surface area contributed by atoms with Crippen LogP contribution in [0.1, 0.15) is 26.0 Å². The van der Waals surface area contributed by atoms with Gasteiger partial charge in [0.05, 0.1) is 12.5 Å². The number of aromatic nitrogens is 1. The van der Waals surface area contributed by atoms with Gasteiger partial charge in [-0.05, 0) is 12.3 Å².